The minimum Gasteiger partial charge on any atom is -0.322 e. The maximum atomic E-state index is 6.21. The van der Waals surface area contributed by atoms with Crippen LogP contribution in [-0.4, -0.2) is 19.7 Å². The van der Waals surface area contributed by atoms with Crippen molar-refractivity contribution < 1.29 is 0 Å². The summed E-state index contributed by atoms with van der Waals surface area (Å²) in [5.41, 5.74) is 8.09. The van der Waals surface area contributed by atoms with Crippen LogP contribution in [0, 0.1) is 6.92 Å². The highest BCUT2D eigenvalue weighted by molar-refractivity contribution is 5.11. The number of hydrogen-bond donors (Lipinski definition) is 1. The fraction of sp³-hybridized carbons (Fsp3) is 0.533. The molecule has 108 valence electrons. The summed E-state index contributed by atoms with van der Waals surface area (Å²) in [6, 6.07) is 4.25. The summed E-state index contributed by atoms with van der Waals surface area (Å²) < 4.78 is 2.05. The number of aromatic nitrogens is 4. The zero-order valence-corrected chi connectivity index (χ0v) is 12.5. The SMILES string of the molecule is CCC(CC)n1ccc(CC(N)c2ccnc(C)n2)n1. The van der Waals surface area contributed by atoms with Gasteiger partial charge in [0.05, 0.1) is 23.5 Å². The first-order valence-corrected chi connectivity index (χ1v) is 7.23. The fourth-order valence-electron chi connectivity index (χ4n) is 2.36. The molecule has 20 heavy (non-hydrogen) atoms. The molecule has 0 saturated carbocycles. The topological polar surface area (TPSA) is 69.6 Å². The molecular weight excluding hydrogens is 250 g/mol. The maximum Gasteiger partial charge on any atom is 0.125 e. The van der Waals surface area contributed by atoms with E-state index in [1.165, 1.54) is 0 Å². The normalized spacial score (nSPS) is 12.8. The molecule has 0 spiro atoms. The number of nitrogens with two attached hydrogens (primary N) is 1. The van der Waals surface area contributed by atoms with E-state index < -0.39 is 0 Å². The molecule has 2 aromatic rings. The van der Waals surface area contributed by atoms with Gasteiger partial charge in [0.1, 0.15) is 5.82 Å². The molecule has 0 radical (unpaired) electrons. The van der Waals surface area contributed by atoms with E-state index in [9.17, 15) is 0 Å². The molecule has 2 rings (SSSR count). The monoisotopic (exact) mass is 273 g/mol. The lowest BCUT2D eigenvalue weighted by atomic mass is 10.1. The third kappa shape index (κ3) is 3.42. The van der Waals surface area contributed by atoms with Crippen LogP contribution in [-0.2, 0) is 6.42 Å². The summed E-state index contributed by atoms with van der Waals surface area (Å²) in [6.07, 6.45) is 6.68. The number of rotatable bonds is 6. The van der Waals surface area contributed by atoms with Crippen molar-refractivity contribution >= 4 is 0 Å². The van der Waals surface area contributed by atoms with Crippen LogP contribution in [0.2, 0.25) is 0 Å². The van der Waals surface area contributed by atoms with E-state index >= 15 is 0 Å². The molecule has 0 aliphatic rings. The van der Waals surface area contributed by atoms with Crippen LogP contribution in [0.4, 0.5) is 0 Å². The highest BCUT2D eigenvalue weighted by Crippen LogP contribution is 2.17. The van der Waals surface area contributed by atoms with Crippen LogP contribution < -0.4 is 5.73 Å². The van der Waals surface area contributed by atoms with E-state index in [1.807, 2.05) is 29.9 Å². The van der Waals surface area contributed by atoms with E-state index in [0.717, 1.165) is 30.1 Å². The third-order valence-corrected chi connectivity index (χ3v) is 3.59. The molecule has 2 N–H and O–H groups in total. The van der Waals surface area contributed by atoms with Gasteiger partial charge in [-0.2, -0.15) is 5.10 Å². The van der Waals surface area contributed by atoms with E-state index in [0.29, 0.717) is 12.5 Å². The van der Waals surface area contributed by atoms with Gasteiger partial charge in [-0.1, -0.05) is 13.8 Å². The lowest BCUT2D eigenvalue weighted by Gasteiger charge is -2.13. The highest BCUT2D eigenvalue weighted by Gasteiger charge is 2.13. The molecule has 0 aromatic carbocycles. The summed E-state index contributed by atoms with van der Waals surface area (Å²) in [5, 5.41) is 4.63. The second-order valence-corrected chi connectivity index (χ2v) is 5.10. The summed E-state index contributed by atoms with van der Waals surface area (Å²) in [5.74, 6) is 0.750. The van der Waals surface area contributed by atoms with Crippen molar-refractivity contribution in [3.8, 4) is 0 Å². The molecule has 0 bridgehead atoms. The molecule has 0 fully saturated rings. The third-order valence-electron chi connectivity index (χ3n) is 3.59. The maximum absolute atomic E-state index is 6.21. The quantitative estimate of drug-likeness (QED) is 0.878. The van der Waals surface area contributed by atoms with Crippen molar-refractivity contribution in [1.82, 2.24) is 19.7 Å². The van der Waals surface area contributed by atoms with Crippen LogP contribution in [0.25, 0.3) is 0 Å². The molecule has 1 atom stereocenters. The van der Waals surface area contributed by atoms with Crippen molar-refractivity contribution in [2.75, 3.05) is 0 Å². The lowest BCUT2D eigenvalue weighted by molar-refractivity contribution is 0.424. The molecule has 1 unspecified atom stereocenters. The van der Waals surface area contributed by atoms with Gasteiger partial charge in [0, 0.05) is 18.8 Å². The molecule has 0 saturated heterocycles. The van der Waals surface area contributed by atoms with Gasteiger partial charge in [-0.25, -0.2) is 9.97 Å². The zero-order chi connectivity index (χ0) is 14.5. The Bertz CT molecular complexity index is 545. The Balaban J connectivity index is 2.06. The van der Waals surface area contributed by atoms with Crippen molar-refractivity contribution in [1.29, 1.82) is 0 Å². The van der Waals surface area contributed by atoms with Crippen LogP contribution in [0.1, 0.15) is 56.0 Å². The molecule has 2 aromatic heterocycles. The Morgan fingerprint density at radius 2 is 2.00 bits per heavy atom. The summed E-state index contributed by atoms with van der Waals surface area (Å²) >= 11 is 0. The van der Waals surface area contributed by atoms with Gasteiger partial charge in [-0.15, -0.1) is 0 Å². The van der Waals surface area contributed by atoms with Gasteiger partial charge in [0.15, 0.2) is 0 Å². The molecule has 5 nitrogen and oxygen atoms in total. The standard InChI is InChI=1S/C15H23N5/c1-4-13(5-2)20-9-7-12(19-20)10-14(16)15-6-8-17-11(3)18-15/h6-9,13-14H,4-5,10,16H2,1-3H3. The fourth-order valence-corrected chi connectivity index (χ4v) is 2.36. The average molecular weight is 273 g/mol. The second kappa shape index (κ2) is 6.61. The van der Waals surface area contributed by atoms with Gasteiger partial charge in [0.25, 0.3) is 0 Å². The van der Waals surface area contributed by atoms with E-state index in [4.69, 9.17) is 5.73 Å². The van der Waals surface area contributed by atoms with Crippen molar-refractivity contribution in [2.45, 2.75) is 52.1 Å². The Labute approximate surface area is 120 Å². The van der Waals surface area contributed by atoms with E-state index in [-0.39, 0.29) is 6.04 Å². The van der Waals surface area contributed by atoms with Gasteiger partial charge in [-0.3, -0.25) is 4.68 Å². The van der Waals surface area contributed by atoms with Crippen LogP contribution in [0.3, 0.4) is 0 Å². The Morgan fingerprint density at radius 3 is 2.65 bits per heavy atom. The predicted octanol–water partition coefficient (Wildman–Crippen LogP) is 2.59. The average Bonchev–Trinajstić information content (AvgIpc) is 2.88. The predicted molar refractivity (Wildman–Crippen MR) is 79.2 cm³/mol. The summed E-state index contributed by atoms with van der Waals surface area (Å²) in [4.78, 5) is 8.47. The number of aryl methyl sites for hydroxylation is 1. The first-order chi connectivity index (χ1) is 9.63. The van der Waals surface area contributed by atoms with Gasteiger partial charge >= 0.3 is 0 Å². The first kappa shape index (κ1) is 14.7. The van der Waals surface area contributed by atoms with E-state index in [2.05, 4.69) is 28.9 Å². The largest absolute Gasteiger partial charge is 0.322 e. The molecule has 0 amide bonds. The van der Waals surface area contributed by atoms with Gasteiger partial charge < -0.3 is 5.73 Å². The first-order valence-electron chi connectivity index (χ1n) is 7.23. The molecule has 0 aliphatic heterocycles. The smallest absolute Gasteiger partial charge is 0.125 e. The Hall–Kier alpha value is -1.75. The van der Waals surface area contributed by atoms with Gasteiger partial charge in [0.2, 0.25) is 0 Å². The number of hydrogen-bond acceptors (Lipinski definition) is 4. The Morgan fingerprint density at radius 1 is 1.25 bits per heavy atom. The molecule has 2 heterocycles. The van der Waals surface area contributed by atoms with Crippen LogP contribution in [0.15, 0.2) is 24.5 Å². The minimum absolute atomic E-state index is 0.137. The summed E-state index contributed by atoms with van der Waals surface area (Å²) in [6.45, 7) is 6.24. The van der Waals surface area contributed by atoms with Crippen molar-refractivity contribution in [2.24, 2.45) is 5.73 Å². The van der Waals surface area contributed by atoms with E-state index in [1.54, 1.807) is 6.20 Å². The second-order valence-electron chi connectivity index (χ2n) is 5.10. The Kier molecular flexibility index (Phi) is 4.84. The minimum atomic E-state index is -0.137. The molecule has 5 heteroatoms. The molecule has 0 aliphatic carbocycles. The van der Waals surface area contributed by atoms with Crippen molar-refractivity contribution in [3.05, 3.63) is 41.7 Å². The van der Waals surface area contributed by atoms with Gasteiger partial charge in [-0.05, 0) is 31.9 Å². The van der Waals surface area contributed by atoms with Crippen LogP contribution >= 0.6 is 0 Å². The molecular formula is C15H23N5. The van der Waals surface area contributed by atoms with Crippen LogP contribution in [0.5, 0.6) is 0 Å². The zero-order valence-electron chi connectivity index (χ0n) is 12.5. The lowest BCUT2D eigenvalue weighted by Crippen LogP contribution is -2.16. The summed E-state index contributed by atoms with van der Waals surface area (Å²) in [7, 11) is 0. The highest BCUT2D eigenvalue weighted by atomic mass is 15.3. The number of nitrogens with zero attached hydrogens (tertiary/aromatic N) is 4. The van der Waals surface area contributed by atoms with Crippen molar-refractivity contribution in [3.63, 3.8) is 0 Å².